The normalized spacial score (nSPS) is 10.9. The molecular weight excluding hydrogens is 274 g/mol. The van der Waals surface area contributed by atoms with Gasteiger partial charge >= 0.3 is 5.69 Å². The molecule has 7 heteroatoms. The van der Waals surface area contributed by atoms with Crippen LogP contribution in [0, 0.1) is 10.1 Å². The molecule has 0 radical (unpaired) electrons. The SMILES string of the molecule is COc1cc(-c2nc(CNC(C)C)co2)ccc1[N+](=O)[O-]. The number of methoxy groups -OCH3 is 1. The first-order chi connectivity index (χ1) is 10.0. The van der Waals surface area contributed by atoms with Gasteiger partial charge in [-0.2, -0.15) is 0 Å². The first-order valence-electron chi connectivity index (χ1n) is 6.52. The Hall–Kier alpha value is -2.41. The van der Waals surface area contributed by atoms with E-state index in [0.29, 0.717) is 24.0 Å². The van der Waals surface area contributed by atoms with Gasteiger partial charge in [0.15, 0.2) is 5.75 Å². The highest BCUT2D eigenvalue weighted by Crippen LogP contribution is 2.31. The molecule has 0 bridgehead atoms. The number of hydrogen-bond acceptors (Lipinski definition) is 6. The van der Waals surface area contributed by atoms with Crippen molar-refractivity contribution in [2.45, 2.75) is 26.4 Å². The van der Waals surface area contributed by atoms with Crippen molar-refractivity contribution in [2.24, 2.45) is 0 Å². The van der Waals surface area contributed by atoms with Gasteiger partial charge in [-0.05, 0) is 12.1 Å². The zero-order valence-electron chi connectivity index (χ0n) is 12.1. The van der Waals surface area contributed by atoms with Crippen LogP contribution in [0.3, 0.4) is 0 Å². The van der Waals surface area contributed by atoms with Gasteiger partial charge in [0.25, 0.3) is 0 Å². The van der Waals surface area contributed by atoms with Crippen LogP contribution < -0.4 is 10.1 Å². The largest absolute Gasteiger partial charge is 0.490 e. The van der Waals surface area contributed by atoms with Gasteiger partial charge in [-0.1, -0.05) is 13.8 Å². The van der Waals surface area contributed by atoms with Crippen LogP contribution in [0.5, 0.6) is 5.75 Å². The molecule has 0 fully saturated rings. The van der Waals surface area contributed by atoms with Crippen LogP contribution >= 0.6 is 0 Å². The molecule has 2 rings (SSSR count). The summed E-state index contributed by atoms with van der Waals surface area (Å²) in [7, 11) is 1.39. The highest BCUT2D eigenvalue weighted by atomic mass is 16.6. The van der Waals surface area contributed by atoms with Crippen molar-refractivity contribution in [3.63, 3.8) is 0 Å². The lowest BCUT2D eigenvalue weighted by Crippen LogP contribution is -2.21. The summed E-state index contributed by atoms with van der Waals surface area (Å²) < 4.78 is 10.4. The molecule has 0 aliphatic heterocycles. The van der Waals surface area contributed by atoms with Gasteiger partial charge in [-0.25, -0.2) is 4.98 Å². The van der Waals surface area contributed by atoms with Crippen molar-refractivity contribution in [3.05, 3.63) is 40.3 Å². The molecule has 112 valence electrons. The fraction of sp³-hybridized carbons (Fsp3) is 0.357. The summed E-state index contributed by atoms with van der Waals surface area (Å²) in [5.41, 5.74) is 1.32. The predicted octanol–water partition coefficient (Wildman–Crippen LogP) is 2.76. The molecule has 2 aromatic rings. The van der Waals surface area contributed by atoms with Crippen LogP contribution in [0.1, 0.15) is 19.5 Å². The zero-order chi connectivity index (χ0) is 15.4. The minimum absolute atomic E-state index is 0.0884. The Bertz CT molecular complexity index is 637. The van der Waals surface area contributed by atoms with Crippen LogP contribution in [0.4, 0.5) is 5.69 Å². The van der Waals surface area contributed by atoms with E-state index in [2.05, 4.69) is 10.3 Å². The van der Waals surface area contributed by atoms with E-state index in [0.717, 1.165) is 5.69 Å². The minimum atomic E-state index is -0.490. The Kier molecular flexibility index (Phi) is 4.54. The topological polar surface area (TPSA) is 90.4 Å². The fourth-order valence-electron chi connectivity index (χ4n) is 1.79. The summed E-state index contributed by atoms with van der Waals surface area (Å²) in [6, 6.07) is 4.87. The average Bonchev–Trinajstić information content (AvgIpc) is 2.93. The van der Waals surface area contributed by atoms with Crippen LogP contribution in [0.2, 0.25) is 0 Å². The number of rotatable bonds is 6. The molecule has 0 saturated carbocycles. The van der Waals surface area contributed by atoms with Gasteiger partial charge in [0.05, 0.1) is 17.7 Å². The summed E-state index contributed by atoms with van der Waals surface area (Å²) in [6.45, 7) is 4.69. The van der Waals surface area contributed by atoms with Gasteiger partial charge in [0.2, 0.25) is 5.89 Å². The molecule has 0 saturated heterocycles. The van der Waals surface area contributed by atoms with Crippen LogP contribution in [0.25, 0.3) is 11.5 Å². The Labute approximate surface area is 122 Å². The Morgan fingerprint density at radius 2 is 2.24 bits per heavy atom. The maximum atomic E-state index is 10.9. The average molecular weight is 291 g/mol. The summed E-state index contributed by atoms with van der Waals surface area (Å²) in [4.78, 5) is 14.7. The summed E-state index contributed by atoms with van der Waals surface area (Å²) >= 11 is 0. The molecule has 0 atom stereocenters. The molecule has 7 nitrogen and oxygen atoms in total. The van der Waals surface area contributed by atoms with E-state index < -0.39 is 4.92 Å². The number of oxazole rings is 1. The number of nitrogens with zero attached hydrogens (tertiary/aromatic N) is 2. The second-order valence-corrected chi connectivity index (χ2v) is 4.82. The summed E-state index contributed by atoms with van der Waals surface area (Å²) in [5.74, 6) is 0.585. The third-order valence-electron chi connectivity index (χ3n) is 2.87. The first-order valence-corrected chi connectivity index (χ1v) is 6.52. The maximum absolute atomic E-state index is 10.9. The van der Waals surface area contributed by atoms with E-state index in [-0.39, 0.29) is 11.4 Å². The molecule has 1 heterocycles. The lowest BCUT2D eigenvalue weighted by atomic mass is 10.2. The highest BCUT2D eigenvalue weighted by Gasteiger charge is 2.17. The third kappa shape index (κ3) is 3.57. The van der Waals surface area contributed by atoms with E-state index in [1.807, 2.05) is 13.8 Å². The van der Waals surface area contributed by atoms with Crippen LogP contribution in [0.15, 0.2) is 28.9 Å². The maximum Gasteiger partial charge on any atom is 0.310 e. The van der Waals surface area contributed by atoms with Crippen LogP contribution in [-0.2, 0) is 6.54 Å². The molecule has 1 aromatic heterocycles. The Balaban J connectivity index is 2.24. The molecule has 0 aliphatic carbocycles. The Morgan fingerprint density at radius 3 is 2.86 bits per heavy atom. The van der Waals surface area contributed by atoms with E-state index in [1.54, 1.807) is 18.4 Å². The molecule has 0 spiro atoms. The molecular formula is C14H17N3O4. The fourth-order valence-corrected chi connectivity index (χ4v) is 1.79. The molecule has 1 N–H and O–H groups in total. The number of nitro groups is 1. The molecule has 0 amide bonds. The van der Waals surface area contributed by atoms with Crippen molar-refractivity contribution in [1.82, 2.24) is 10.3 Å². The monoisotopic (exact) mass is 291 g/mol. The van der Waals surface area contributed by atoms with Gasteiger partial charge in [0.1, 0.15) is 6.26 Å². The van der Waals surface area contributed by atoms with E-state index in [4.69, 9.17) is 9.15 Å². The van der Waals surface area contributed by atoms with Crippen LogP contribution in [-0.4, -0.2) is 23.1 Å². The van der Waals surface area contributed by atoms with Gasteiger partial charge in [-0.3, -0.25) is 10.1 Å². The predicted molar refractivity (Wildman–Crippen MR) is 77.1 cm³/mol. The Morgan fingerprint density at radius 1 is 1.48 bits per heavy atom. The summed E-state index contributed by atoms with van der Waals surface area (Å²) in [6.07, 6.45) is 1.57. The zero-order valence-corrected chi connectivity index (χ0v) is 12.1. The number of aromatic nitrogens is 1. The van der Waals surface area contributed by atoms with Gasteiger partial charge < -0.3 is 14.5 Å². The smallest absolute Gasteiger partial charge is 0.310 e. The van der Waals surface area contributed by atoms with E-state index in [1.165, 1.54) is 13.2 Å². The molecule has 1 aromatic carbocycles. The molecule has 0 aliphatic rings. The van der Waals surface area contributed by atoms with E-state index >= 15 is 0 Å². The van der Waals surface area contributed by atoms with Gasteiger partial charge in [-0.15, -0.1) is 0 Å². The van der Waals surface area contributed by atoms with Crippen molar-refractivity contribution in [2.75, 3.05) is 7.11 Å². The second-order valence-electron chi connectivity index (χ2n) is 4.82. The van der Waals surface area contributed by atoms with Crippen molar-refractivity contribution in [3.8, 4) is 17.2 Å². The third-order valence-corrected chi connectivity index (χ3v) is 2.87. The quantitative estimate of drug-likeness (QED) is 0.650. The van der Waals surface area contributed by atoms with Crippen molar-refractivity contribution < 1.29 is 14.1 Å². The first kappa shape index (κ1) is 15.0. The number of hydrogen-bond donors (Lipinski definition) is 1. The lowest BCUT2D eigenvalue weighted by Gasteiger charge is -2.04. The molecule has 0 unspecified atom stereocenters. The van der Waals surface area contributed by atoms with Crippen molar-refractivity contribution >= 4 is 5.69 Å². The highest BCUT2D eigenvalue weighted by molar-refractivity contribution is 5.62. The lowest BCUT2D eigenvalue weighted by molar-refractivity contribution is -0.385. The van der Waals surface area contributed by atoms with Gasteiger partial charge in [0, 0.05) is 24.2 Å². The minimum Gasteiger partial charge on any atom is -0.490 e. The van der Waals surface area contributed by atoms with Crippen molar-refractivity contribution in [1.29, 1.82) is 0 Å². The standard InChI is InChI=1S/C14H17N3O4/c1-9(2)15-7-11-8-21-14(16-11)10-4-5-12(17(18)19)13(6-10)20-3/h4-6,8-9,15H,7H2,1-3H3. The molecule has 21 heavy (non-hydrogen) atoms. The number of benzene rings is 1. The second kappa shape index (κ2) is 6.36. The van der Waals surface area contributed by atoms with E-state index in [9.17, 15) is 10.1 Å². The number of nitro benzene ring substituents is 1. The number of nitrogens with one attached hydrogen (secondary N) is 1. The summed E-state index contributed by atoms with van der Waals surface area (Å²) in [5, 5.41) is 14.1. The number of ether oxygens (including phenoxy) is 1.